The third-order valence-corrected chi connectivity index (χ3v) is 6.40. The molecule has 0 bridgehead atoms. The molecule has 1 aliphatic carbocycles. The van der Waals surface area contributed by atoms with Crippen LogP contribution in [0.25, 0.3) is 0 Å². The van der Waals surface area contributed by atoms with E-state index >= 15 is 0 Å². The van der Waals surface area contributed by atoms with E-state index < -0.39 is 15.8 Å². The van der Waals surface area contributed by atoms with E-state index in [1.807, 2.05) is 0 Å². The molecular formula is C17H20FNO2S. The van der Waals surface area contributed by atoms with Gasteiger partial charge in [0.1, 0.15) is 5.82 Å². The van der Waals surface area contributed by atoms with Crippen LogP contribution in [0.1, 0.15) is 19.3 Å². The van der Waals surface area contributed by atoms with Crippen molar-refractivity contribution < 1.29 is 12.8 Å². The summed E-state index contributed by atoms with van der Waals surface area (Å²) >= 11 is 0. The van der Waals surface area contributed by atoms with Gasteiger partial charge in [-0.1, -0.05) is 24.3 Å². The highest BCUT2D eigenvalue weighted by atomic mass is 32.2. The molecule has 118 valence electrons. The summed E-state index contributed by atoms with van der Waals surface area (Å²) in [5.41, 5.74) is 0. The van der Waals surface area contributed by atoms with Crippen molar-refractivity contribution in [1.29, 1.82) is 0 Å². The molecule has 1 fully saturated rings. The standard InChI is InChI=1S/C17H20FNO2S/c18-16-6-8-17(9-7-16)22(20,21)19-12-10-15(11-13-19)14-4-2-1-3-5-14/h2-9,14-15H,1,10-13H2. The fourth-order valence-corrected chi connectivity index (χ4v) is 4.65. The first-order valence-electron chi connectivity index (χ1n) is 7.66. The highest BCUT2D eigenvalue weighted by molar-refractivity contribution is 7.89. The number of allylic oxidation sites excluding steroid dienone is 4. The molecule has 1 heterocycles. The summed E-state index contributed by atoms with van der Waals surface area (Å²) in [7, 11) is -3.50. The van der Waals surface area contributed by atoms with E-state index in [1.54, 1.807) is 0 Å². The molecule has 1 aromatic carbocycles. The largest absolute Gasteiger partial charge is 0.243 e. The summed E-state index contributed by atoms with van der Waals surface area (Å²) in [5, 5.41) is 0. The van der Waals surface area contributed by atoms with Crippen molar-refractivity contribution in [2.24, 2.45) is 11.8 Å². The SMILES string of the molecule is O=S(=O)(c1ccc(F)cc1)N1CCC(C2C=CCC=C2)CC1. The van der Waals surface area contributed by atoms with Gasteiger partial charge in [0.15, 0.2) is 0 Å². The van der Waals surface area contributed by atoms with Crippen LogP contribution in [0.15, 0.2) is 53.5 Å². The summed E-state index contributed by atoms with van der Waals surface area (Å²) in [4.78, 5) is 0.171. The molecule has 0 saturated carbocycles. The summed E-state index contributed by atoms with van der Waals surface area (Å²) in [6.07, 6.45) is 11.5. The summed E-state index contributed by atoms with van der Waals surface area (Å²) in [5.74, 6) is 0.519. The minimum atomic E-state index is -3.50. The molecule has 0 radical (unpaired) electrons. The fraction of sp³-hybridized carbons (Fsp3) is 0.412. The summed E-state index contributed by atoms with van der Waals surface area (Å²) in [6.45, 7) is 1.06. The van der Waals surface area contributed by atoms with E-state index in [2.05, 4.69) is 24.3 Å². The van der Waals surface area contributed by atoms with Gasteiger partial charge in [-0.2, -0.15) is 4.31 Å². The second-order valence-corrected chi connectivity index (χ2v) is 7.80. The van der Waals surface area contributed by atoms with Gasteiger partial charge in [-0.25, -0.2) is 12.8 Å². The first kappa shape index (κ1) is 15.4. The van der Waals surface area contributed by atoms with Crippen LogP contribution in [0.5, 0.6) is 0 Å². The van der Waals surface area contributed by atoms with Gasteiger partial charge in [0.2, 0.25) is 10.0 Å². The molecular weight excluding hydrogens is 301 g/mol. The molecule has 0 spiro atoms. The predicted octanol–water partition coefficient (Wildman–Crippen LogP) is 3.36. The number of hydrogen-bond acceptors (Lipinski definition) is 2. The maximum Gasteiger partial charge on any atom is 0.243 e. The molecule has 0 N–H and O–H groups in total. The predicted molar refractivity (Wildman–Crippen MR) is 84.3 cm³/mol. The van der Waals surface area contributed by atoms with Crippen LogP contribution in [0.3, 0.4) is 0 Å². The molecule has 5 heteroatoms. The van der Waals surface area contributed by atoms with Gasteiger partial charge in [0, 0.05) is 13.1 Å². The highest BCUT2D eigenvalue weighted by Crippen LogP contribution is 2.31. The van der Waals surface area contributed by atoms with Crippen LogP contribution in [0.2, 0.25) is 0 Å². The zero-order valence-electron chi connectivity index (χ0n) is 12.4. The number of halogens is 1. The van der Waals surface area contributed by atoms with Crippen molar-refractivity contribution in [3.63, 3.8) is 0 Å². The monoisotopic (exact) mass is 321 g/mol. The number of benzene rings is 1. The van der Waals surface area contributed by atoms with Crippen LogP contribution >= 0.6 is 0 Å². The Labute approximate surface area is 131 Å². The fourth-order valence-electron chi connectivity index (χ4n) is 3.19. The Bertz CT molecular complexity index is 659. The average Bonchev–Trinajstić information content (AvgIpc) is 2.56. The zero-order valence-corrected chi connectivity index (χ0v) is 13.2. The van der Waals surface area contributed by atoms with Gasteiger partial charge in [0.25, 0.3) is 0 Å². The maximum absolute atomic E-state index is 13.0. The quantitative estimate of drug-likeness (QED) is 0.801. The third kappa shape index (κ3) is 3.15. The van der Waals surface area contributed by atoms with E-state index in [1.165, 1.54) is 28.6 Å². The summed E-state index contributed by atoms with van der Waals surface area (Å²) < 4.78 is 39.6. The Hall–Kier alpha value is -1.46. The van der Waals surface area contributed by atoms with Crippen molar-refractivity contribution in [2.75, 3.05) is 13.1 Å². The lowest BCUT2D eigenvalue weighted by atomic mass is 9.83. The normalized spacial score (nSPS) is 21.3. The second-order valence-electron chi connectivity index (χ2n) is 5.86. The lowest BCUT2D eigenvalue weighted by molar-refractivity contribution is 0.250. The second kappa shape index (κ2) is 6.34. The van der Waals surface area contributed by atoms with Crippen molar-refractivity contribution >= 4 is 10.0 Å². The number of rotatable bonds is 3. The van der Waals surface area contributed by atoms with Crippen LogP contribution < -0.4 is 0 Å². The molecule has 0 atom stereocenters. The van der Waals surface area contributed by atoms with Gasteiger partial charge < -0.3 is 0 Å². The minimum absolute atomic E-state index is 0.171. The number of piperidine rings is 1. The van der Waals surface area contributed by atoms with Crippen molar-refractivity contribution in [3.05, 3.63) is 54.4 Å². The van der Waals surface area contributed by atoms with Crippen molar-refractivity contribution in [2.45, 2.75) is 24.2 Å². The number of sulfonamides is 1. The minimum Gasteiger partial charge on any atom is -0.207 e. The van der Waals surface area contributed by atoms with Crippen molar-refractivity contribution in [3.8, 4) is 0 Å². The topological polar surface area (TPSA) is 37.4 Å². The Morgan fingerprint density at radius 3 is 2.18 bits per heavy atom. The molecule has 0 aromatic heterocycles. The molecule has 0 amide bonds. The van der Waals surface area contributed by atoms with E-state index in [0.717, 1.165) is 19.3 Å². The molecule has 1 saturated heterocycles. The maximum atomic E-state index is 13.0. The first-order valence-corrected chi connectivity index (χ1v) is 9.10. The lowest BCUT2D eigenvalue weighted by Gasteiger charge is -2.34. The van der Waals surface area contributed by atoms with Gasteiger partial charge >= 0.3 is 0 Å². The Morgan fingerprint density at radius 2 is 1.59 bits per heavy atom. The summed E-state index contributed by atoms with van der Waals surface area (Å²) in [6, 6.07) is 5.06. The zero-order chi connectivity index (χ0) is 15.6. The van der Waals surface area contributed by atoms with E-state index in [9.17, 15) is 12.8 Å². The third-order valence-electron chi connectivity index (χ3n) is 4.48. The van der Waals surface area contributed by atoms with Crippen molar-refractivity contribution in [1.82, 2.24) is 4.31 Å². The smallest absolute Gasteiger partial charge is 0.207 e. The number of nitrogens with zero attached hydrogens (tertiary/aromatic N) is 1. The van der Waals surface area contributed by atoms with Gasteiger partial charge in [-0.3, -0.25) is 0 Å². The Morgan fingerprint density at radius 1 is 1.00 bits per heavy atom. The Kier molecular flexibility index (Phi) is 4.45. The average molecular weight is 321 g/mol. The molecule has 22 heavy (non-hydrogen) atoms. The molecule has 3 rings (SSSR count). The van der Waals surface area contributed by atoms with Gasteiger partial charge in [-0.15, -0.1) is 0 Å². The molecule has 0 unspecified atom stereocenters. The Balaban J connectivity index is 1.67. The first-order chi connectivity index (χ1) is 10.6. The van der Waals surface area contributed by atoms with E-state index in [-0.39, 0.29) is 4.90 Å². The van der Waals surface area contributed by atoms with Gasteiger partial charge in [0.05, 0.1) is 4.90 Å². The van der Waals surface area contributed by atoms with Gasteiger partial charge in [-0.05, 0) is 55.4 Å². The molecule has 1 aliphatic heterocycles. The molecule has 1 aromatic rings. The van der Waals surface area contributed by atoms with E-state index in [4.69, 9.17) is 0 Å². The van der Waals surface area contributed by atoms with Crippen LogP contribution in [0, 0.1) is 17.7 Å². The lowest BCUT2D eigenvalue weighted by Crippen LogP contribution is -2.39. The van der Waals surface area contributed by atoms with Crippen LogP contribution in [-0.2, 0) is 10.0 Å². The van der Waals surface area contributed by atoms with E-state index in [0.29, 0.717) is 24.9 Å². The van der Waals surface area contributed by atoms with Crippen LogP contribution in [0.4, 0.5) is 4.39 Å². The number of hydrogen-bond donors (Lipinski definition) is 0. The molecule has 3 nitrogen and oxygen atoms in total. The highest BCUT2D eigenvalue weighted by Gasteiger charge is 2.31. The van der Waals surface area contributed by atoms with Crippen LogP contribution in [-0.4, -0.2) is 25.8 Å². The molecule has 2 aliphatic rings.